The highest BCUT2D eigenvalue weighted by Gasteiger charge is 2.25. The number of aromatic nitrogens is 3. The molecular formula is C23H27FN6O2. The van der Waals surface area contributed by atoms with Gasteiger partial charge in [-0.05, 0) is 36.8 Å². The quantitative estimate of drug-likeness (QED) is 0.470. The Morgan fingerprint density at radius 1 is 1.34 bits per heavy atom. The van der Waals surface area contributed by atoms with Gasteiger partial charge in [0.05, 0.1) is 32.1 Å². The van der Waals surface area contributed by atoms with Gasteiger partial charge < -0.3 is 19.7 Å². The zero-order valence-electron chi connectivity index (χ0n) is 18.2. The molecule has 9 heteroatoms. The summed E-state index contributed by atoms with van der Waals surface area (Å²) in [6, 6.07) is 8.36. The molecule has 1 unspecified atom stereocenters. The summed E-state index contributed by atoms with van der Waals surface area (Å²) < 4.78 is 27.8. The van der Waals surface area contributed by atoms with E-state index in [4.69, 9.17) is 14.5 Å². The van der Waals surface area contributed by atoms with Gasteiger partial charge in [-0.2, -0.15) is 5.10 Å². The monoisotopic (exact) mass is 438 g/mol. The second kappa shape index (κ2) is 10.2. The number of hydrogen-bond donors (Lipinski definition) is 1. The molecule has 1 saturated heterocycles. The van der Waals surface area contributed by atoms with Gasteiger partial charge in [0.25, 0.3) is 0 Å². The Morgan fingerprint density at radius 3 is 2.97 bits per heavy atom. The lowest BCUT2D eigenvalue weighted by Gasteiger charge is -2.34. The van der Waals surface area contributed by atoms with Crippen molar-refractivity contribution in [3.05, 3.63) is 72.1 Å². The van der Waals surface area contributed by atoms with E-state index in [-0.39, 0.29) is 11.9 Å². The zero-order chi connectivity index (χ0) is 22.3. The number of aliphatic imine (C=N–C) groups is 1. The van der Waals surface area contributed by atoms with E-state index in [0.29, 0.717) is 25.4 Å². The van der Waals surface area contributed by atoms with Crippen molar-refractivity contribution < 1.29 is 13.9 Å². The molecule has 3 heterocycles. The molecule has 32 heavy (non-hydrogen) atoms. The standard InChI is InChI=1S/C23H27FN6O2/c1-3-26-23(30-9-10-31-22(16-30)18-13-28-29(2)15-18)27-12-17-6-7-21(20(24)11-17)32-19-5-4-8-25-14-19/h4-8,11,13-15,22H,3,9-10,12,16H2,1-2H3,(H,26,27). The van der Waals surface area contributed by atoms with Crippen LogP contribution in [0.4, 0.5) is 4.39 Å². The van der Waals surface area contributed by atoms with Crippen molar-refractivity contribution in [2.75, 3.05) is 26.2 Å². The van der Waals surface area contributed by atoms with Gasteiger partial charge in [-0.25, -0.2) is 9.38 Å². The molecule has 0 amide bonds. The van der Waals surface area contributed by atoms with Crippen LogP contribution in [0.15, 0.2) is 60.1 Å². The predicted octanol–water partition coefficient (Wildman–Crippen LogP) is 3.29. The average Bonchev–Trinajstić information content (AvgIpc) is 3.25. The molecule has 3 aromatic rings. The minimum Gasteiger partial charge on any atom is -0.453 e. The number of morpholine rings is 1. The van der Waals surface area contributed by atoms with E-state index in [0.717, 1.165) is 30.2 Å². The van der Waals surface area contributed by atoms with Crippen LogP contribution in [0.2, 0.25) is 0 Å². The molecule has 0 saturated carbocycles. The maximum atomic E-state index is 14.6. The van der Waals surface area contributed by atoms with Crippen molar-refractivity contribution in [3.8, 4) is 11.5 Å². The van der Waals surface area contributed by atoms with Gasteiger partial charge in [0.15, 0.2) is 17.5 Å². The summed E-state index contributed by atoms with van der Waals surface area (Å²) >= 11 is 0. The van der Waals surface area contributed by atoms with Gasteiger partial charge in [-0.1, -0.05) is 6.07 Å². The Morgan fingerprint density at radius 2 is 2.25 bits per heavy atom. The first kappa shape index (κ1) is 21.8. The van der Waals surface area contributed by atoms with Crippen molar-refractivity contribution in [1.82, 2.24) is 25.0 Å². The van der Waals surface area contributed by atoms with Gasteiger partial charge in [-0.15, -0.1) is 0 Å². The van der Waals surface area contributed by atoms with Crippen LogP contribution in [0, 0.1) is 5.82 Å². The van der Waals surface area contributed by atoms with Crippen molar-refractivity contribution in [2.45, 2.75) is 19.6 Å². The van der Waals surface area contributed by atoms with Gasteiger partial charge in [-0.3, -0.25) is 9.67 Å². The number of hydrogen-bond acceptors (Lipinski definition) is 5. The zero-order valence-corrected chi connectivity index (χ0v) is 18.2. The van der Waals surface area contributed by atoms with Crippen LogP contribution in [0.3, 0.4) is 0 Å². The third kappa shape index (κ3) is 5.42. The van der Waals surface area contributed by atoms with E-state index in [1.807, 2.05) is 32.4 Å². The summed E-state index contributed by atoms with van der Waals surface area (Å²) in [7, 11) is 1.89. The van der Waals surface area contributed by atoms with Crippen LogP contribution in [-0.4, -0.2) is 51.9 Å². The molecule has 1 atom stereocenters. The Labute approximate surface area is 186 Å². The lowest BCUT2D eigenvalue weighted by atomic mass is 10.1. The number of pyridine rings is 1. The van der Waals surface area contributed by atoms with Crippen molar-refractivity contribution in [3.63, 3.8) is 0 Å². The van der Waals surface area contributed by atoms with E-state index >= 15 is 0 Å². The first-order valence-corrected chi connectivity index (χ1v) is 10.6. The number of ether oxygens (including phenoxy) is 2. The Kier molecular flexibility index (Phi) is 6.96. The van der Waals surface area contributed by atoms with Crippen molar-refractivity contribution in [2.24, 2.45) is 12.0 Å². The summed E-state index contributed by atoms with van der Waals surface area (Å²) in [5.41, 5.74) is 1.80. The normalized spacial score (nSPS) is 16.8. The molecule has 1 aliphatic rings. The molecule has 168 valence electrons. The maximum absolute atomic E-state index is 14.6. The third-order valence-corrected chi connectivity index (χ3v) is 5.07. The molecule has 2 aromatic heterocycles. The van der Waals surface area contributed by atoms with E-state index < -0.39 is 5.82 Å². The summed E-state index contributed by atoms with van der Waals surface area (Å²) in [5, 5.41) is 7.57. The van der Waals surface area contributed by atoms with Crippen LogP contribution < -0.4 is 10.1 Å². The SMILES string of the molecule is CCNC(=NCc1ccc(Oc2cccnc2)c(F)c1)N1CCOC(c2cnn(C)c2)C1. The number of rotatable bonds is 6. The minimum atomic E-state index is -0.436. The van der Waals surface area contributed by atoms with Crippen LogP contribution in [0.5, 0.6) is 11.5 Å². The highest BCUT2D eigenvalue weighted by molar-refractivity contribution is 5.80. The highest BCUT2D eigenvalue weighted by atomic mass is 19.1. The minimum absolute atomic E-state index is 0.0670. The number of aryl methyl sites for hydroxylation is 1. The first-order chi connectivity index (χ1) is 15.6. The molecule has 4 rings (SSSR count). The molecule has 1 fully saturated rings. The molecule has 0 radical (unpaired) electrons. The van der Waals surface area contributed by atoms with E-state index in [1.165, 1.54) is 6.07 Å². The molecule has 8 nitrogen and oxygen atoms in total. The Hall–Kier alpha value is -3.46. The van der Waals surface area contributed by atoms with E-state index in [2.05, 4.69) is 20.3 Å². The first-order valence-electron chi connectivity index (χ1n) is 10.6. The lowest BCUT2D eigenvalue weighted by molar-refractivity contribution is -0.00805. The Balaban J connectivity index is 1.44. The number of guanidine groups is 1. The fourth-order valence-electron chi connectivity index (χ4n) is 3.50. The fourth-order valence-corrected chi connectivity index (χ4v) is 3.50. The predicted molar refractivity (Wildman–Crippen MR) is 119 cm³/mol. The van der Waals surface area contributed by atoms with E-state index in [9.17, 15) is 4.39 Å². The average molecular weight is 439 g/mol. The number of nitrogens with zero attached hydrogens (tertiary/aromatic N) is 5. The topological polar surface area (TPSA) is 76.8 Å². The molecule has 1 aliphatic heterocycles. The summed E-state index contributed by atoms with van der Waals surface area (Å²) in [4.78, 5) is 10.9. The molecule has 0 bridgehead atoms. The van der Waals surface area contributed by atoms with Crippen LogP contribution in [0.1, 0.15) is 24.2 Å². The maximum Gasteiger partial charge on any atom is 0.194 e. The number of nitrogens with one attached hydrogen (secondary N) is 1. The van der Waals surface area contributed by atoms with Gasteiger partial charge in [0.1, 0.15) is 11.9 Å². The summed E-state index contributed by atoms with van der Waals surface area (Å²) in [6.45, 7) is 5.11. The largest absolute Gasteiger partial charge is 0.453 e. The van der Waals surface area contributed by atoms with Crippen molar-refractivity contribution >= 4 is 5.96 Å². The van der Waals surface area contributed by atoms with Crippen LogP contribution in [-0.2, 0) is 18.3 Å². The lowest BCUT2D eigenvalue weighted by Crippen LogP contribution is -2.48. The van der Waals surface area contributed by atoms with Gasteiger partial charge in [0.2, 0.25) is 0 Å². The highest BCUT2D eigenvalue weighted by Crippen LogP contribution is 2.25. The number of halogens is 1. The smallest absolute Gasteiger partial charge is 0.194 e. The number of benzene rings is 1. The van der Waals surface area contributed by atoms with Crippen molar-refractivity contribution in [1.29, 1.82) is 0 Å². The van der Waals surface area contributed by atoms with Gasteiger partial charge >= 0.3 is 0 Å². The fraction of sp³-hybridized carbons (Fsp3) is 0.348. The summed E-state index contributed by atoms with van der Waals surface area (Å²) in [6.07, 6.45) is 6.91. The Bertz CT molecular complexity index is 1060. The molecule has 0 spiro atoms. The molecule has 1 aromatic carbocycles. The second-order valence-electron chi connectivity index (χ2n) is 7.48. The van der Waals surface area contributed by atoms with Crippen LogP contribution in [0.25, 0.3) is 0 Å². The summed E-state index contributed by atoms with van der Waals surface area (Å²) in [5.74, 6) is 0.988. The van der Waals surface area contributed by atoms with Crippen LogP contribution >= 0.6 is 0 Å². The van der Waals surface area contributed by atoms with E-state index in [1.54, 1.807) is 35.3 Å². The third-order valence-electron chi connectivity index (χ3n) is 5.07. The molecule has 1 N–H and O–H groups in total. The molecule has 0 aliphatic carbocycles. The van der Waals surface area contributed by atoms with Gasteiger partial charge in [0, 0.05) is 38.1 Å². The molecular weight excluding hydrogens is 411 g/mol. The second-order valence-corrected chi connectivity index (χ2v) is 7.48.